The Bertz CT molecular complexity index is 454. The van der Waals surface area contributed by atoms with E-state index >= 15 is 0 Å². The van der Waals surface area contributed by atoms with E-state index in [-0.39, 0.29) is 30.8 Å². The summed E-state index contributed by atoms with van der Waals surface area (Å²) in [4.78, 5) is 12.0. The van der Waals surface area contributed by atoms with Crippen molar-refractivity contribution in [1.29, 1.82) is 0 Å². The van der Waals surface area contributed by atoms with Crippen LogP contribution >= 0.6 is 0 Å². The highest BCUT2D eigenvalue weighted by Crippen LogP contribution is 2.28. The average molecular weight is 245 g/mol. The standard InChI is InChI=1S/C11H10F3NO2/c12-9-3-7(10(16)17)1-2-8(9)4-15-5-11(13,14)6-15/h1-3H,4-6H2,(H,16,17). The lowest BCUT2D eigenvalue weighted by Gasteiger charge is -2.38. The van der Waals surface area contributed by atoms with Gasteiger partial charge in [0.25, 0.3) is 5.92 Å². The number of carboxylic acids is 1. The third kappa shape index (κ3) is 2.58. The summed E-state index contributed by atoms with van der Waals surface area (Å²) in [5.74, 6) is -4.58. The van der Waals surface area contributed by atoms with Crippen LogP contribution in [-0.2, 0) is 6.54 Å². The molecule has 1 fully saturated rings. The smallest absolute Gasteiger partial charge is 0.335 e. The van der Waals surface area contributed by atoms with E-state index in [2.05, 4.69) is 0 Å². The first kappa shape index (κ1) is 11.9. The number of likely N-dealkylation sites (tertiary alicyclic amines) is 1. The van der Waals surface area contributed by atoms with Gasteiger partial charge >= 0.3 is 5.97 Å². The lowest BCUT2D eigenvalue weighted by atomic mass is 10.1. The number of nitrogens with zero attached hydrogens (tertiary/aromatic N) is 1. The number of alkyl halides is 2. The Hall–Kier alpha value is -1.56. The minimum absolute atomic E-state index is 0.0708. The Morgan fingerprint density at radius 1 is 1.41 bits per heavy atom. The van der Waals surface area contributed by atoms with Crippen LogP contribution in [0.4, 0.5) is 13.2 Å². The molecule has 1 aliphatic heterocycles. The lowest BCUT2D eigenvalue weighted by Crippen LogP contribution is -2.55. The van der Waals surface area contributed by atoms with E-state index in [0.717, 1.165) is 6.07 Å². The van der Waals surface area contributed by atoms with Gasteiger partial charge in [0.05, 0.1) is 18.7 Å². The van der Waals surface area contributed by atoms with Crippen LogP contribution in [0.1, 0.15) is 15.9 Å². The topological polar surface area (TPSA) is 40.5 Å². The molecular weight excluding hydrogens is 235 g/mol. The van der Waals surface area contributed by atoms with Gasteiger partial charge in [0.2, 0.25) is 0 Å². The molecule has 6 heteroatoms. The van der Waals surface area contributed by atoms with Crippen LogP contribution in [0.3, 0.4) is 0 Å². The molecule has 0 bridgehead atoms. The highest BCUT2D eigenvalue weighted by molar-refractivity contribution is 5.87. The Morgan fingerprint density at radius 3 is 2.53 bits per heavy atom. The molecule has 3 nitrogen and oxygen atoms in total. The Morgan fingerprint density at radius 2 is 2.06 bits per heavy atom. The minimum Gasteiger partial charge on any atom is -0.478 e. The number of aromatic carboxylic acids is 1. The Balaban J connectivity index is 2.05. The van der Waals surface area contributed by atoms with Gasteiger partial charge in [0.1, 0.15) is 5.82 Å². The summed E-state index contributed by atoms with van der Waals surface area (Å²) in [6.45, 7) is -0.693. The number of carboxylic acid groups (broad SMARTS) is 1. The molecule has 0 radical (unpaired) electrons. The maximum Gasteiger partial charge on any atom is 0.335 e. The summed E-state index contributed by atoms with van der Waals surface area (Å²) < 4.78 is 38.5. The van der Waals surface area contributed by atoms with Crippen molar-refractivity contribution in [3.63, 3.8) is 0 Å². The van der Waals surface area contributed by atoms with Crippen molar-refractivity contribution in [2.24, 2.45) is 0 Å². The minimum atomic E-state index is -2.68. The van der Waals surface area contributed by atoms with Crippen molar-refractivity contribution in [2.45, 2.75) is 12.5 Å². The number of benzene rings is 1. The molecule has 0 unspecified atom stereocenters. The summed E-state index contributed by atoms with van der Waals surface area (Å²) in [7, 11) is 0. The van der Waals surface area contributed by atoms with Gasteiger partial charge in [-0.15, -0.1) is 0 Å². The zero-order chi connectivity index (χ0) is 12.6. The van der Waals surface area contributed by atoms with E-state index in [9.17, 15) is 18.0 Å². The first-order valence-corrected chi connectivity index (χ1v) is 4.99. The molecule has 1 heterocycles. The Labute approximate surface area is 95.5 Å². The molecule has 1 aliphatic rings. The van der Waals surface area contributed by atoms with Gasteiger partial charge in [-0.2, -0.15) is 0 Å². The second-order valence-corrected chi connectivity index (χ2v) is 4.11. The predicted molar refractivity (Wildman–Crippen MR) is 53.6 cm³/mol. The molecular formula is C11H10F3NO2. The van der Waals surface area contributed by atoms with Gasteiger partial charge in [0, 0.05) is 12.1 Å². The van der Waals surface area contributed by atoms with Gasteiger partial charge in [-0.1, -0.05) is 6.07 Å². The van der Waals surface area contributed by atoms with Crippen LogP contribution in [0.25, 0.3) is 0 Å². The summed E-state index contributed by atoms with van der Waals surface area (Å²) in [5.41, 5.74) is 0.0747. The maximum absolute atomic E-state index is 13.4. The number of hydrogen-bond acceptors (Lipinski definition) is 2. The summed E-state index contributed by atoms with van der Waals surface area (Å²) in [6, 6.07) is 3.48. The highest BCUT2D eigenvalue weighted by atomic mass is 19.3. The summed E-state index contributed by atoms with van der Waals surface area (Å²) in [6.07, 6.45) is 0. The molecule has 1 aromatic rings. The first-order valence-electron chi connectivity index (χ1n) is 4.99. The molecule has 0 amide bonds. The fourth-order valence-corrected chi connectivity index (χ4v) is 1.77. The van der Waals surface area contributed by atoms with Crippen molar-refractivity contribution in [3.05, 3.63) is 35.1 Å². The van der Waals surface area contributed by atoms with E-state index in [1.165, 1.54) is 17.0 Å². The maximum atomic E-state index is 13.4. The van der Waals surface area contributed by atoms with E-state index in [0.29, 0.717) is 0 Å². The molecule has 92 valence electrons. The van der Waals surface area contributed by atoms with E-state index in [1.54, 1.807) is 0 Å². The molecule has 17 heavy (non-hydrogen) atoms. The van der Waals surface area contributed by atoms with Gasteiger partial charge in [-0.05, 0) is 12.1 Å². The Kier molecular flexibility index (Phi) is 2.82. The summed E-state index contributed by atoms with van der Waals surface area (Å²) in [5, 5.41) is 8.63. The van der Waals surface area contributed by atoms with Gasteiger partial charge < -0.3 is 5.11 Å². The van der Waals surface area contributed by atoms with Crippen LogP contribution in [0.5, 0.6) is 0 Å². The largest absolute Gasteiger partial charge is 0.478 e. The van der Waals surface area contributed by atoms with Crippen LogP contribution in [0.2, 0.25) is 0 Å². The second-order valence-electron chi connectivity index (χ2n) is 4.11. The molecule has 0 aromatic heterocycles. The van der Waals surface area contributed by atoms with E-state index in [1.807, 2.05) is 0 Å². The predicted octanol–water partition coefficient (Wildman–Crippen LogP) is 1.97. The van der Waals surface area contributed by atoms with E-state index < -0.39 is 17.7 Å². The zero-order valence-corrected chi connectivity index (χ0v) is 8.79. The molecule has 0 aliphatic carbocycles. The summed E-state index contributed by atoms with van der Waals surface area (Å²) >= 11 is 0. The molecule has 1 N–H and O–H groups in total. The van der Waals surface area contributed by atoms with Crippen molar-refractivity contribution in [2.75, 3.05) is 13.1 Å². The van der Waals surface area contributed by atoms with Crippen molar-refractivity contribution >= 4 is 5.97 Å². The molecule has 0 atom stereocenters. The molecule has 2 rings (SSSR count). The molecule has 0 spiro atoms. The monoisotopic (exact) mass is 245 g/mol. The number of carbonyl (C=O) groups is 1. The van der Waals surface area contributed by atoms with Gasteiger partial charge in [0.15, 0.2) is 0 Å². The van der Waals surface area contributed by atoms with Crippen molar-refractivity contribution in [1.82, 2.24) is 4.90 Å². The quantitative estimate of drug-likeness (QED) is 0.885. The van der Waals surface area contributed by atoms with E-state index in [4.69, 9.17) is 5.11 Å². The lowest BCUT2D eigenvalue weighted by molar-refractivity contribution is -0.134. The normalized spacial score (nSPS) is 18.8. The number of rotatable bonds is 3. The molecule has 0 saturated carbocycles. The van der Waals surface area contributed by atoms with Crippen molar-refractivity contribution in [3.8, 4) is 0 Å². The van der Waals surface area contributed by atoms with Gasteiger partial charge in [-0.3, -0.25) is 4.90 Å². The number of hydrogen-bond donors (Lipinski definition) is 1. The van der Waals surface area contributed by atoms with Gasteiger partial charge in [-0.25, -0.2) is 18.0 Å². The molecule has 1 aromatic carbocycles. The first-order chi connectivity index (χ1) is 7.87. The SMILES string of the molecule is O=C(O)c1ccc(CN2CC(F)(F)C2)c(F)c1. The fraction of sp³-hybridized carbons (Fsp3) is 0.364. The second kappa shape index (κ2) is 4.03. The highest BCUT2D eigenvalue weighted by Gasteiger charge is 2.43. The van der Waals surface area contributed by atoms with Crippen molar-refractivity contribution < 1.29 is 23.1 Å². The zero-order valence-electron chi connectivity index (χ0n) is 8.79. The third-order valence-corrected chi connectivity index (χ3v) is 2.60. The fourth-order valence-electron chi connectivity index (χ4n) is 1.77. The van der Waals surface area contributed by atoms with Crippen LogP contribution in [-0.4, -0.2) is 35.0 Å². The van der Waals surface area contributed by atoms with Crippen LogP contribution in [0.15, 0.2) is 18.2 Å². The average Bonchev–Trinajstić information content (AvgIpc) is 2.17. The van der Waals surface area contributed by atoms with Crippen LogP contribution in [0, 0.1) is 5.82 Å². The third-order valence-electron chi connectivity index (χ3n) is 2.60. The van der Waals surface area contributed by atoms with Crippen LogP contribution < -0.4 is 0 Å². The number of halogens is 3. The molecule has 1 saturated heterocycles.